The highest BCUT2D eigenvalue weighted by atomic mass is 16.4. The van der Waals surface area contributed by atoms with Crippen LogP contribution in [-0.4, -0.2) is 31.3 Å². The van der Waals surface area contributed by atoms with Gasteiger partial charge in [0.15, 0.2) is 5.82 Å². The van der Waals surface area contributed by atoms with Crippen molar-refractivity contribution in [3.8, 4) is 0 Å². The fraction of sp³-hybridized carbons (Fsp3) is 0.778. The number of aliphatic carboxylic acids is 1. The maximum Gasteiger partial charge on any atom is 0.303 e. The number of hydrogen-bond donors (Lipinski definition) is 1. The molecule has 0 saturated carbocycles. The van der Waals surface area contributed by atoms with Crippen LogP contribution in [0.25, 0.3) is 0 Å². The van der Waals surface area contributed by atoms with Gasteiger partial charge in [-0.2, -0.15) is 0 Å². The second-order valence-corrected chi connectivity index (χ2v) is 3.42. The number of hydrogen-bond acceptors (Lipinski definition) is 4. The summed E-state index contributed by atoms with van der Waals surface area (Å²) in [6, 6.07) is 0. The summed E-state index contributed by atoms with van der Waals surface area (Å²) in [6.45, 7) is 2.69. The minimum atomic E-state index is -0.779. The van der Waals surface area contributed by atoms with Crippen LogP contribution in [0.15, 0.2) is 0 Å². The summed E-state index contributed by atoms with van der Waals surface area (Å²) in [6.07, 6.45) is 3.74. The molecule has 0 bridgehead atoms. The SMILES string of the molecule is CCCCc1nnnn1CCCC(=O)O. The van der Waals surface area contributed by atoms with Crippen LogP contribution in [-0.2, 0) is 17.8 Å². The van der Waals surface area contributed by atoms with E-state index in [1.54, 1.807) is 4.68 Å². The number of nitrogens with zero attached hydrogens (tertiary/aromatic N) is 4. The van der Waals surface area contributed by atoms with E-state index in [1.807, 2.05) is 0 Å². The summed E-state index contributed by atoms with van der Waals surface area (Å²) in [5.41, 5.74) is 0. The topological polar surface area (TPSA) is 80.9 Å². The highest BCUT2D eigenvalue weighted by Gasteiger charge is 2.05. The maximum atomic E-state index is 10.3. The Labute approximate surface area is 88.3 Å². The number of aromatic nitrogens is 4. The van der Waals surface area contributed by atoms with E-state index in [-0.39, 0.29) is 6.42 Å². The molecule has 0 aliphatic heterocycles. The van der Waals surface area contributed by atoms with Crippen LogP contribution < -0.4 is 0 Å². The molecule has 0 radical (unpaired) electrons. The summed E-state index contributed by atoms with van der Waals surface area (Å²) in [5, 5.41) is 19.8. The minimum absolute atomic E-state index is 0.160. The number of aryl methyl sites for hydroxylation is 2. The number of unbranched alkanes of at least 4 members (excludes halogenated alkanes) is 1. The molecule has 0 atom stereocenters. The molecule has 1 heterocycles. The second-order valence-electron chi connectivity index (χ2n) is 3.42. The maximum absolute atomic E-state index is 10.3. The van der Waals surface area contributed by atoms with Crippen molar-refractivity contribution < 1.29 is 9.90 Å². The lowest BCUT2D eigenvalue weighted by atomic mass is 10.2. The lowest BCUT2D eigenvalue weighted by molar-refractivity contribution is -0.137. The van der Waals surface area contributed by atoms with Crippen LogP contribution in [0.3, 0.4) is 0 Å². The molecule has 0 aromatic carbocycles. The van der Waals surface area contributed by atoms with Gasteiger partial charge in [0.05, 0.1) is 0 Å². The third-order valence-electron chi connectivity index (χ3n) is 2.12. The van der Waals surface area contributed by atoms with Crippen molar-refractivity contribution in [2.75, 3.05) is 0 Å². The molecule has 0 aliphatic rings. The van der Waals surface area contributed by atoms with Crippen LogP contribution in [0, 0.1) is 0 Å². The van der Waals surface area contributed by atoms with E-state index >= 15 is 0 Å². The zero-order chi connectivity index (χ0) is 11.1. The van der Waals surface area contributed by atoms with Crippen molar-refractivity contribution in [2.24, 2.45) is 0 Å². The van der Waals surface area contributed by atoms with Gasteiger partial charge >= 0.3 is 5.97 Å². The van der Waals surface area contributed by atoms with Crippen LogP contribution in [0.5, 0.6) is 0 Å². The highest BCUT2D eigenvalue weighted by molar-refractivity contribution is 5.66. The van der Waals surface area contributed by atoms with Crippen molar-refractivity contribution in [3.63, 3.8) is 0 Å². The van der Waals surface area contributed by atoms with Crippen LogP contribution in [0.1, 0.15) is 38.4 Å². The van der Waals surface area contributed by atoms with E-state index in [4.69, 9.17) is 5.11 Å². The van der Waals surface area contributed by atoms with E-state index in [9.17, 15) is 4.79 Å². The molecular weight excluding hydrogens is 196 g/mol. The summed E-state index contributed by atoms with van der Waals surface area (Å²) in [4.78, 5) is 10.3. The van der Waals surface area contributed by atoms with Crippen molar-refractivity contribution >= 4 is 5.97 Å². The van der Waals surface area contributed by atoms with Crippen molar-refractivity contribution in [3.05, 3.63) is 5.82 Å². The molecule has 1 rings (SSSR count). The van der Waals surface area contributed by atoms with Crippen LogP contribution >= 0.6 is 0 Å². The number of carbonyl (C=O) groups is 1. The summed E-state index contributed by atoms with van der Waals surface area (Å²) >= 11 is 0. The Morgan fingerprint density at radius 2 is 2.27 bits per heavy atom. The van der Waals surface area contributed by atoms with Gasteiger partial charge in [-0.05, 0) is 23.3 Å². The van der Waals surface area contributed by atoms with Gasteiger partial charge in [0, 0.05) is 19.4 Å². The average molecular weight is 212 g/mol. The normalized spacial score (nSPS) is 10.5. The number of rotatable bonds is 7. The molecule has 0 amide bonds. The zero-order valence-electron chi connectivity index (χ0n) is 8.89. The Hall–Kier alpha value is -1.46. The molecule has 6 heteroatoms. The Bertz CT molecular complexity index is 311. The summed E-state index contributed by atoms with van der Waals surface area (Å²) in [5.74, 6) is 0.0698. The van der Waals surface area contributed by atoms with Gasteiger partial charge in [0.2, 0.25) is 0 Å². The van der Waals surface area contributed by atoms with Crippen LogP contribution in [0.4, 0.5) is 0 Å². The molecule has 0 aliphatic carbocycles. The number of carboxylic acids is 1. The predicted octanol–water partition coefficient (Wildman–Crippen LogP) is 0.880. The molecule has 1 aromatic rings. The molecule has 15 heavy (non-hydrogen) atoms. The zero-order valence-corrected chi connectivity index (χ0v) is 8.89. The van der Waals surface area contributed by atoms with Crippen molar-refractivity contribution in [2.45, 2.75) is 45.6 Å². The number of carboxylic acid groups (broad SMARTS) is 1. The average Bonchev–Trinajstić information content (AvgIpc) is 2.62. The first kappa shape index (κ1) is 11.6. The lowest BCUT2D eigenvalue weighted by Crippen LogP contribution is -2.07. The van der Waals surface area contributed by atoms with Crippen molar-refractivity contribution in [1.29, 1.82) is 0 Å². The molecule has 1 aromatic heterocycles. The summed E-state index contributed by atoms with van der Waals surface area (Å²) < 4.78 is 1.69. The van der Waals surface area contributed by atoms with Crippen molar-refractivity contribution in [1.82, 2.24) is 20.2 Å². The van der Waals surface area contributed by atoms with E-state index in [1.165, 1.54) is 0 Å². The Morgan fingerprint density at radius 3 is 2.93 bits per heavy atom. The Kier molecular flexibility index (Phi) is 4.73. The molecule has 6 nitrogen and oxygen atoms in total. The largest absolute Gasteiger partial charge is 0.481 e. The first-order valence-electron chi connectivity index (χ1n) is 5.21. The molecule has 1 N–H and O–H groups in total. The van der Waals surface area contributed by atoms with E-state index in [2.05, 4.69) is 22.4 Å². The van der Waals surface area contributed by atoms with Gasteiger partial charge < -0.3 is 5.11 Å². The standard InChI is InChI=1S/C9H16N4O2/c1-2-3-5-8-10-11-12-13(8)7-4-6-9(14)15/h2-7H2,1H3,(H,14,15). The molecule has 84 valence electrons. The third kappa shape index (κ3) is 4.05. The Balaban J connectivity index is 2.39. The summed E-state index contributed by atoms with van der Waals surface area (Å²) in [7, 11) is 0. The van der Waals surface area contributed by atoms with E-state index in [0.717, 1.165) is 25.1 Å². The molecule has 0 fully saturated rings. The monoisotopic (exact) mass is 212 g/mol. The highest BCUT2D eigenvalue weighted by Crippen LogP contribution is 2.02. The van der Waals surface area contributed by atoms with Gasteiger partial charge in [-0.1, -0.05) is 13.3 Å². The Morgan fingerprint density at radius 1 is 1.47 bits per heavy atom. The van der Waals surface area contributed by atoms with Gasteiger partial charge in [-0.15, -0.1) is 5.10 Å². The van der Waals surface area contributed by atoms with E-state index < -0.39 is 5.97 Å². The van der Waals surface area contributed by atoms with Crippen LogP contribution in [0.2, 0.25) is 0 Å². The van der Waals surface area contributed by atoms with E-state index in [0.29, 0.717) is 13.0 Å². The third-order valence-corrected chi connectivity index (χ3v) is 2.12. The van der Waals surface area contributed by atoms with Gasteiger partial charge in [0.1, 0.15) is 0 Å². The predicted molar refractivity (Wildman–Crippen MR) is 53.3 cm³/mol. The fourth-order valence-corrected chi connectivity index (χ4v) is 1.29. The molecule has 0 spiro atoms. The first-order valence-corrected chi connectivity index (χ1v) is 5.21. The molecule has 0 saturated heterocycles. The van der Waals surface area contributed by atoms with Gasteiger partial charge in [-0.25, -0.2) is 4.68 Å². The lowest BCUT2D eigenvalue weighted by Gasteiger charge is -2.02. The fourth-order valence-electron chi connectivity index (χ4n) is 1.29. The smallest absolute Gasteiger partial charge is 0.303 e. The van der Waals surface area contributed by atoms with Gasteiger partial charge in [0.25, 0.3) is 0 Å². The molecule has 0 unspecified atom stereocenters. The quantitative estimate of drug-likeness (QED) is 0.725. The van der Waals surface area contributed by atoms with Gasteiger partial charge in [-0.3, -0.25) is 4.79 Å². The second kappa shape index (κ2) is 6.10. The first-order chi connectivity index (χ1) is 7.24. The minimum Gasteiger partial charge on any atom is -0.481 e. The molecular formula is C9H16N4O2. The number of tetrazole rings is 1.